The number of benzene rings is 3. The Morgan fingerprint density at radius 2 is 1.70 bits per heavy atom. The quantitative estimate of drug-likeness (QED) is 0.379. The number of rotatable bonds is 7. The maximum atomic E-state index is 13.9. The van der Waals surface area contributed by atoms with Crippen molar-refractivity contribution < 1.29 is 9.13 Å². The van der Waals surface area contributed by atoms with Crippen LogP contribution in [0, 0.1) is 5.82 Å². The fourth-order valence-electron chi connectivity index (χ4n) is 2.73. The van der Waals surface area contributed by atoms with Crippen molar-refractivity contribution in [2.24, 2.45) is 0 Å². The van der Waals surface area contributed by atoms with Crippen LogP contribution in [0.2, 0.25) is 0 Å². The summed E-state index contributed by atoms with van der Waals surface area (Å²) in [4.78, 5) is 0. The summed E-state index contributed by atoms with van der Waals surface area (Å²) in [6.07, 6.45) is 1.02. The van der Waals surface area contributed by atoms with Crippen LogP contribution in [0.15, 0.2) is 69.6 Å². The Kier molecular flexibility index (Phi) is 6.91. The van der Waals surface area contributed by atoms with Crippen molar-refractivity contribution in [1.29, 1.82) is 0 Å². The number of hydrogen-bond donors (Lipinski definition) is 1. The molecule has 0 aliphatic rings. The summed E-state index contributed by atoms with van der Waals surface area (Å²) >= 11 is 7.09. The number of hydrogen-bond acceptors (Lipinski definition) is 2. The Hall–Kier alpha value is -1.85. The average Bonchev–Trinajstić information content (AvgIpc) is 2.67. The number of ether oxygens (including phenoxy) is 1. The first-order valence-electron chi connectivity index (χ1n) is 8.73. The van der Waals surface area contributed by atoms with Gasteiger partial charge in [0.05, 0.1) is 4.47 Å². The molecule has 0 aliphatic carbocycles. The number of halogens is 3. The second-order valence-electron chi connectivity index (χ2n) is 6.16. The first-order chi connectivity index (χ1) is 13.1. The van der Waals surface area contributed by atoms with Crippen molar-refractivity contribution in [2.75, 3.05) is 5.32 Å². The fraction of sp³-hybridized carbons (Fsp3) is 0.182. The van der Waals surface area contributed by atoms with Gasteiger partial charge in [-0.05, 0) is 58.2 Å². The molecule has 5 heteroatoms. The second kappa shape index (κ2) is 9.38. The predicted octanol–water partition coefficient (Wildman–Crippen LogP) is 7.10. The molecule has 1 N–H and O–H groups in total. The van der Waals surface area contributed by atoms with Crippen molar-refractivity contribution in [3.05, 3.63) is 92.1 Å². The van der Waals surface area contributed by atoms with Gasteiger partial charge in [0.2, 0.25) is 0 Å². The topological polar surface area (TPSA) is 21.3 Å². The molecule has 3 rings (SSSR count). The predicted molar refractivity (Wildman–Crippen MR) is 116 cm³/mol. The highest BCUT2D eigenvalue weighted by molar-refractivity contribution is 9.11. The normalized spacial score (nSPS) is 10.7. The number of anilines is 1. The van der Waals surface area contributed by atoms with Gasteiger partial charge in [0.15, 0.2) is 0 Å². The molecule has 0 fully saturated rings. The van der Waals surface area contributed by atoms with Crippen molar-refractivity contribution in [1.82, 2.24) is 0 Å². The van der Waals surface area contributed by atoms with Gasteiger partial charge in [-0.1, -0.05) is 53.2 Å². The van der Waals surface area contributed by atoms with Gasteiger partial charge in [0.25, 0.3) is 0 Å². The van der Waals surface area contributed by atoms with Crippen molar-refractivity contribution in [3.63, 3.8) is 0 Å². The zero-order valence-corrected chi connectivity index (χ0v) is 18.1. The number of aryl methyl sites for hydroxylation is 1. The first kappa shape index (κ1) is 19.9. The molecule has 0 radical (unpaired) electrons. The van der Waals surface area contributed by atoms with E-state index in [4.69, 9.17) is 4.74 Å². The molecule has 0 saturated heterocycles. The van der Waals surface area contributed by atoms with Crippen molar-refractivity contribution in [3.8, 4) is 5.75 Å². The zero-order valence-electron chi connectivity index (χ0n) is 14.9. The molecule has 2 nitrogen and oxygen atoms in total. The highest BCUT2D eigenvalue weighted by atomic mass is 79.9. The van der Waals surface area contributed by atoms with E-state index in [0.29, 0.717) is 17.9 Å². The lowest BCUT2D eigenvalue weighted by Crippen LogP contribution is -2.05. The smallest absolute Gasteiger partial charge is 0.139 e. The van der Waals surface area contributed by atoms with Crippen LogP contribution in [0.1, 0.15) is 23.6 Å². The minimum Gasteiger partial charge on any atom is -0.487 e. The van der Waals surface area contributed by atoms with E-state index in [1.54, 1.807) is 18.2 Å². The summed E-state index contributed by atoms with van der Waals surface area (Å²) in [5, 5.41) is 3.42. The van der Waals surface area contributed by atoms with Crippen LogP contribution in [-0.2, 0) is 19.6 Å². The third-order valence-corrected chi connectivity index (χ3v) is 5.31. The van der Waals surface area contributed by atoms with Crippen molar-refractivity contribution >= 4 is 37.5 Å². The van der Waals surface area contributed by atoms with E-state index in [9.17, 15) is 4.39 Å². The molecular formula is C22H20Br2FNO. The molecule has 3 aromatic rings. The summed E-state index contributed by atoms with van der Waals surface area (Å²) in [5.74, 6) is 0.445. The SMILES string of the molecule is CCc1ccc(NCc2cc(Br)cc(Br)c2OCc2ccccc2F)cc1. The molecule has 0 amide bonds. The van der Waals surface area contributed by atoms with E-state index in [2.05, 4.69) is 68.4 Å². The Labute approximate surface area is 176 Å². The summed E-state index contributed by atoms with van der Waals surface area (Å²) < 4.78 is 21.6. The van der Waals surface area contributed by atoms with Gasteiger partial charge in [-0.3, -0.25) is 0 Å². The van der Waals surface area contributed by atoms with Crippen LogP contribution in [0.3, 0.4) is 0 Å². The summed E-state index contributed by atoms with van der Waals surface area (Å²) in [6.45, 7) is 2.90. The maximum absolute atomic E-state index is 13.9. The number of nitrogens with one attached hydrogen (secondary N) is 1. The van der Waals surface area contributed by atoms with E-state index in [1.165, 1.54) is 11.6 Å². The van der Waals surface area contributed by atoms with E-state index < -0.39 is 0 Å². The van der Waals surface area contributed by atoms with Crippen LogP contribution in [0.5, 0.6) is 5.75 Å². The Balaban J connectivity index is 1.76. The van der Waals surface area contributed by atoms with Gasteiger partial charge in [-0.15, -0.1) is 0 Å². The van der Waals surface area contributed by atoms with E-state index in [-0.39, 0.29) is 12.4 Å². The van der Waals surface area contributed by atoms with Crippen LogP contribution in [-0.4, -0.2) is 0 Å². The summed E-state index contributed by atoms with van der Waals surface area (Å²) in [7, 11) is 0. The van der Waals surface area contributed by atoms with Gasteiger partial charge < -0.3 is 10.1 Å². The van der Waals surface area contributed by atoms with E-state index in [1.807, 2.05) is 12.1 Å². The molecule has 0 heterocycles. The van der Waals surface area contributed by atoms with Crippen LogP contribution in [0.4, 0.5) is 10.1 Å². The fourth-order valence-corrected chi connectivity index (χ4v) is 4.16. The van der Waals surface area contributed by atoms with Gasteiger partial charge in [0.1, 0.15) is 18.2 Å². The second-order valence-corrected chi connectivity index (χ2v) is 7.93. The van der Waals surface area contributed by atoms with Gasteiger partial charge >= 0.3 is 0 Å². The molecule has 3 aromatic carbocycles. The molecule has 0 unspecified atom stereocenters. The molecule has 0 aliphatic heterocycles. The van der Waals surface area contributed by atoms with Crippen LogP contribution < -0.4 is 10.1 Å². The Bertz CT molecular complexity index is 913. The lowest BCUT2D eigenvalue weighted by molar-refractivity contribution is 0.295. The van der Waals surface area contributed by atoms with E-state index >= 15 is 0 Å². The van der Waals surface area contributed by atoms with Gasteiger partial charge in [0, 0.05) is 27.8 Å². The molecular weight excluding hydrogens is 473 g/mol. The summed E-state index contributed by atoms with van der Waals surface area (Å²) in [6, 6.07) is 19.0. The third kappa shape index (κ3) is 5.33. The van der Waals surface area contributed by atoms with Crippen LogP contribution in [0.25, 0.3) is 0 Å². The highest BCUT2D eigenvalue weighted by Gasteiger charge is 2.12. The maximum Gasteiger partial charge on any atom is 0.139 e. The molecule has 140 valence electrons. The monoisotopic (exact) mass is 491 g/mol. The lowest BCUT2D eigenvalue weighted by Gasteiger charge is -2.16. The lowest BCUT2D eigenvalue weighted by atomic mass is 10.1. The van der Waals surface area contributed by atoms with Crippen LogP contribution >= 0.6 is 31.9 Å². The minimum atomic E-state index is -0.263. The standard InChI is InChI=1S/C22H20Br2FNO/c1-2-15-7-9-19(10-8-15)26-13-17-11-18(23)12-20(24)22(17)27-14-16-5-3-4-6-21(16)25/h3-12,26H,2,13-14H2,1H3. The zero-order chi connectivity index (χ0) is 19.2. The largest absolute Gasteiger partial charge is 0.487 e. The molecule has 0 atom stereocenters. The minimum absolute atomic E-state index is 0.172. The molecule has 0 saturated carbocycles. The Morgan fingerprint density at radius 1 is 0.963 bits per heavy atom. The van der Waals surface area contributed by atoms with Gasteiger partial charge in [-0.2, -0.15) is 0 Å². The molecule has 0 aromatic heterocycles. The Morgan fingerprint density at radius 3 is 2.41 bits per heavy atom. The third-order valence-electron chi connectivity index (χ3n) is 4.26. The molecule has 0 bridgehead atoms. The van der Waals surface area contributed by atoms with E-state index in [0.717, 1.165) is 26.6 Å². The molecule has 0 spiro atoms. The average molecular weight is 493 g/mol. The van der Waals surface area contributed by atoms with Crippen molar-refractivity contribution in [2.45, 2.75) is 26.5 Å². The van der Waals surface area contributed by atoms with Gasteiger partial charge in [-0.25, -0.2) is 4.39 Å². The molecule has 27 heavy (non-hydrogen) atoms. The highest BCUT2D eigenvalue weighted by Crippen LogP contribution is 2.34. The first-order valence-corrected chi connectivity index (χ1v) is 10.3. The summed E-state index contributed by atoms with van der Waals surface area (Å²) in [5.41, 5.74) is 3.86.